The summed E-state index contributed by atoms with van der Waals surface area (Å²) in [6, 6.07) is 27.7. The molecule has 0 unspecified atom stereocenters. The van der Waals surface area contributed by atoms with Crippen LogP contribution in [0.3, 0.4) is 0 Å². The SMILES string of the molecule is COc1ccc(N=C2NC(=O)/C(=C\c3cc(Br)ccc3OCc3ccc4ccccc4c3)S2)cc1. The Morgan fingerprint density at radius 3 is 2.57 bits per heavy atom. The number of amides is 1. The lowest BCUT2D eigenvalue weighted by atomic mass is 10.1. The second-order valence-corrected chi connectivity index (χ2v) is 9.78. The second kappa shape index (κ2) is 10.4. The highest BCUT2D eigenvalue weighted by Crippen LogP contribution is 2.33. The molecular weight excluding hydrogens is 524 g/mol. The molecule has 0 radical (unpaired) electrons. The van der Waals surface area contributed by atoms with Gasteiger partial charge in [-0.15, -0.1) is 0 Å². The Labute approximate surface area is 216 Å². The number of benzene rings is 4. The Hall–Kier alpha value is -3.55. The summed E-state index contributed by atoms with van der Waals surface area (Å²) in [5, 5.41) is 5.73. The molecule has 174 valence electrons. The molecule has 5 nitrogen and oxygen atoms in total. The molecule has 5 rings (SSSR count). The second-order valence-electron chi connectivity index (χ2n) is 7.83. The van der Waals surface area contributed by atoms with Gasteiger partial charge in [0.1, 0.15) is 18.1 Å². The van der Waals surface area contributed by atoms with Gasteiger partial charge in [0, 0.05) is 10.0 Å². The van der Waals surface area contributed by atoms with Gasteiger partial charge in [-0.2, -0.15) is 0 Å². The van der Waals surface area contributed by atoms with Crippen molar-refractivity contribution in [2.75, 3.05) is 7.11 Å². The van der Waals surface area contributed by atoms with E-state index in [0.29, 0.717) is 22.4 Å². The van der Waals surface area contributed by atoms with Crippen LogP contribution in [0.1, 0.15) is 11.1 Å². The number of carbonyl (C=O) groups is 1. The summed E-state index contributed by atoms with van der Waals surface area (Å²) in [6.07, 6.45) is 1.83. The molecule has 0 spiro atoms. The predicted molar refractivity (Wildman–Crippen MR) is 146 cm³/mol. The van der Waals surface area contributed by atoms with Gasteiger partial charge < -0.3 is 14.8 Å². The zero-order valence-corrected chi connectivity index (χ0v) is 21.2. The van der Waals surface area contributed by atoms with Crippen LogP contribution in [0.4, 0.5) is 5.69 Å². The molecule has 0 saturated carbocycles. The van der Waals surface area contributed by atoms with E-state index < -0.39 is 0 Å². The van der Waals surface area contributed by atoms with E-state index in [1.807, 2.05) is 60.7 Å². The molecule has 1 N–H and O–H groups in total. The molecule has 0 aromatic heterocycles. The van der Waals surface area contributed by atoms with Crippen LogP contribution < -0.4 is 14.8 Å². The van der Waals surface area contributed by atoms with Gasteiger partial charge in [-0.3, -0.25) is 4.79 Å². The van der Waals surface area contributed by atoms with Crippen molar-refractivity contribution in [3.05, 3.63) is 105 Å². The molecule has 35 heavy (non-hydrogen) atoms. The quantitative estimate of drug-likeness (QED) is 0.263. The van der Waals surface area contributed by atoms with Gasteiger partial charge >= 0.3 is 0 Å². The van der Waals surface area contributed by atoms with Crippen LogP contribution in [-0.2, 0) is 11.4 Å². The Morgan fingerprint density at radius 2 is 1.77 bits per heavy atom. The molecule has 4 aromatic carbocycles. The fourth-order valence-electron chi connectivity index (χ4n) is 3.65. The molecule has 1 saturated heterocycles. The Kier molecular flexibility index (Phi) is 6.88. The highest BCUT2D eigenvalue weighted by molar-refractivity contribution is 9.10. The van der Waals surface area contributed by atoms with Crippen molar-refractivity contribution in [1.82, 2.24) is 5.32 Å². The number of nitrogens with zero attached hydrogens (tertiary/aromatic N) is 1. The number of halogens is 1. The third-order valence-electron chi connectivity index (χ3n) is 5.42. The number of hydrogen-bond acceptors (Lipinski definition) is 5. The fourth-order valence-corrected chi connectivity index (χ4v) is 4.86. The fraction of sp³-hybridized carbons (Fsp3) is 0.0714. The molecule has 0 aliphatic carbocycles. The van der Waals surface area contributed by atoms with Crippen molar-refractivity contribution in [2.24, 2.45) is 4.99 Å². The average Bonchev–Trinajstić information content (AvgIpc) is 3.22. The number of methoxy groups -OCH3 is 1. The van der Waals surface area contributed by atoms with Gasteiger partial charge in [0.25, 0.3) is 5.91 Å². The first-order valence-corrected chi connectivity index (χ1v) is 12.5. The van der Waals surface area contributed by atoms with E-state index in [1.54, 1.807) is 7.11 Å². The number of carbonyl (C=O) groups excluding carboxylic acids is 1. The number of hydrogen-bond donors (Lipinski definition) is 1. The normalized spacial score (nSPS) is 15.5. The van der Waals surface area contributed by atoms with E-state index in [4.69, 9.17) is 9.47 Å². The summed E-state index contributed by atoms with van der Waals surface area (Å²) in [4.78, 5) is 17.7. The number of fused-ring (bicyclic) bond motifs is 1. The maximum atomic E-state index is 12.6. The number of amidine groups is 1. The lowest BCUT2D eigenvalue weighted by Gasteiger charge is -2.11. The van der Waals surface area contributed by atoms with Gasteiger partial charge in [0.05, 0.1) is 17.7 Å². The van der Waals surface area contributed by atoms with Crippen LogP contribution in [0.2, 0.25) is 0 Å². The first-order valence-electron chi connectivity index (χ1n) is 10.9. The number of ether oxygens (including phenoxy) is 2. The van der Waals surface area contributed by atoms with Crippen LogP contribution in [0.25, 0.3) is 16.8 Å². The summed E-state index contributed by atoms with van der Waals surface area (Å²) >= 11 is 4.82. The predicted octanol–water partition coefficient (Wildman–Crippen LogP) is 7.08. The van der Waals surface area contributed by atoms with Crippen molar-refractivity contribution < 1.29 is 14.3 Å². The number of rotatable bonds is 6. The molecule has 1 amide bonds. The molecule has 0 bridgehead atoms. The topological polar surface area (TPSA) is 59.9 Å². The molecular formula is C28H21BrN2O3S. The minimum Gasteiger partial charge on any atom is -0.497 e. The van der Waals surface area contributed by atoms with Gasteiger partial charge in [0.15, 0.2) is 5.17 Å². The minimum absolute atomic E-state index is 0.192. The summed E-state index contributed by atoms with van der Waals surface area (Å²) in [7, 11) is 1.62. The Balaban J connectivity index is 1.35. The van der Waals surface area contributed by atoms with Crippen LogP contribution in [0.5, 0.6) is 11.5 Å². The zero-order valence-electron chi connectivity index (χ0n) is 18.8. The molecule has 0 atom stereocenters. The van der Waals surface area contributed by atoms with E-state index >= 15 is 0 Å². The van der Waals surface area contributed by atoms with E-state index in [0.717, 1.165) is 27.0 Å². The third-order valence-corrected chi connectivity index (χ3v) is 6.82. The van der Waals surface area contributed by atoms with E-state index in [1.165, 1.54) is 22.5 Å². The first-order chi connectivity index (χ1) is 17.1. The van der Waals surface area contributed by atoms with E-state index in [2.05, 4.69) is 56.6 Å². The van der Waals surface area contributed by atoms with Crippen LogP contribution >= 0.6 is 27.7 Å². The monoisotopic (exact) mass is 544 g/mol. The number of thioether (sulfide) groups is 1. The highest BCUT2D eigenvalue weighted by Gasteiger charge is 2.24. The summed E-state index contributed by atoms with van der Waals surface area (Å²) in [5.41, 5.74) is 2.62. The van der Waals surface area contributed by atoms with E-state index in [-0.39, 0.29) is 5.91 Å². The molecule has 7 heteroatoms. The Morgan fingerprint density at radius 1 is 0.971 bits per heavy atom. The van der Waals surface area contributed by atoms with Gasteiger partial charge in [0.2, 0.25) is 0 Å². The van der Waals surface area contributed by atoms with Crippen molar-refractivity contribution in [2.45, 2.75) is 6.61 Å². The standard InChI is InChI=1S/C28H21BrN2O3S/c1-33-24-11-9-23(10-12-24)30-28-31-27(32)26(35-28)16-21-15-22(29)8-13-25(21)34-17-18-6-7-19-4-2-3-5-20(19)14-18/h2-16H,17H2,1H3,(H,30,31,32)/b26-16+. The third kappa shape index (κ3) is 5.58. The van der Waals surface area contributed by atoms with E-state index in [9.17, 15) is 4.79 Å². The maximum absolute atomic E-state index is 12.6. The highest BCUT2D eigenvalue weighted by atomic mass is 79.9. The van der Waals surface area contributed by atoms with Crippen molar-refractivity contribution in [1.29, 1.82) is 0 Å². The van der Waals surface area contributed by atoms with Crippen molar-refractivity contribution in [3.63, 3.8) is 0 Å². The van der Waals surface area contributed by atoms with Crippen molar-refractivity contribution in [3.8, 4) is 11.5 Å². The number of aliphatic imine (C=N–C) groups is 1. The number of nitrogens with one attached hydrogen (secondary N) is 1. The average molecular weight is 545 g/mol. The van der Waals surface area contributed by atoms with Crippen LogP contribution in [-0.4, -0.2) is 18.2 Å². The summed E-state index contributed by atoms with van der Waals surface area (Å²) < 4.78 is 12.2. The lowest BCUT2D eigenvalue weighted by molar-refractivity contribution is -0.115. The maximum Gasteiger partial charge on any atom is 0.264 e. The van der Waals surface area contributed by atoms with Crippen LogP contribution in [0.15, 0.2) is 99.3 Å². The molecule has 1 heterocycles. The van der Waals surface area contributed by atoms with Gasteiger partial charge in [-0.05, 0) is 82.7 Å². The summed E-state index contributed by atoms with van der Waals surface area (Å²) in [6.45, 7) is 0.423. The van der Waals surface area contributed by atoms with Crippen molar-refractivity contribution >= 4 is 61.3 Å². The molecule has 4 aromatic rings. The van der Waals surface area contributed by atoms with Gasteiger partial charge in [-0.1, -0.05) is 52.3 Å². The molecule has 1 aliphatic rings. The molecule has 1 aliphatic heterocycles. The summed E-state index contributed by atoms with van der Waals surface area (Å²) in [5.74, 6) is 1.26. The first kappa shape index (κ1) is 23.2. The smallest absolute Gasteiger partial charge is 0.264 e. The minimum atomic E-state index is -0.192. The van der Waals surface area contributed by atoms with Gasteiger partial charge in [-0.25, -0.2) is 4.99 Å². The zero-order chi connectivity index (χ0) is 24.2. The lowest BCUT2D eigenvalue weighted by Crippen LogP contribution is -2.19. The largest absolute Gasteiger partial charge is 0.497 e. The Bertz CT molecular complexity index is 1470. The van der Waals surface area contributed by atoms with Crippen LogP contribution in [0, 0.1) is 0 Å². The molecule has 1 fully saturated rings.